The lowest BCUT2D eigenvalue weighted by Gasteiger charge is -2.10. The van der Waals surface area contributed by atoms with Crippen LogP contribution in [0.3, 0.4) is 0 Å². The van der Waals surface area contributed by atoms with Crippen LogP contribution in [0.1, 0.15) is 0 Å². The van der Waals surface area contributed by atoms with Crippen LogP contribution >= 0.6 is 0 Å². The summed E-state index contributed by atoms with van der Waals surface area (Å²) in [6.45, 7) is -0.331. The number of hydrogen-bond acceptors (Lipinski definition) is 4. The molecule has 1 aromatic heterocycles. The number of H-pyrrole nitrogens is 1. The van der Waals surface area contributed by atoms with Gasteiger partial charge >= 0.3 is 0 Å². The lowest BCUT2D eigenvalue weighted by atomic mass is 10.3. The first-order valence-electron chi connectivity index (χ1n) is 3.84. The molecule has 14 heavy (non-hydrogen) atoms. The van der Waals surface area contributed by atoms with Crippen molar-refractivity contribution in [2.45, 2.75) is 12.5 Å². The van der Waals surface area contributed by atoms with Crippen LogP contribution in [0.4, 0.5) is 14.5 Å². The van der Waals surface area contributed by atoms with Crippen molar-refractivity contribution in [3.05, 3.63) is 22.6 Å². The van der Waals surface area contributed by atoms with Crippen LogP contribution in [0.2, 0.25) is 0 Å². The van der Waals surface area contributed by atoms with Crippen LogP contribution in [0, 0.1) is 0 Å². The topological polar surface area (TPSA) is 78.0 Å². The molecular formula is C7H9F2N3O2. The number of nitrogens with one attached hydrogen (secondary N) is 2. The predicted molar refractivity (Wildman–Crippen MR) is 45.4 cm³/mol. The highest BCUT2D eigenvalue weighted by molar-refractivity contribution is 5.38. The van der Waals surface area contributed by atoms with E-state index in [9.17, 15) is 13.6 Å². The fourth-order valence-electron chi connectivity index (χ4n) is 0.784. The summed E-state index contributed by atoms with van der Waals surface area (Å²) in [5.74, 6) is 0. The monoisotopic (exact) mass is 205 g/mol. The zero-order chi connectivity index (χ0) is 10.6. The van der Waals surface area contributed by atoms with Crippen molar-refractivity contribution in [2.24, 2.45) is 0 Å². The lowest BCUT2D eigenvalue weighted by molar-refractivity contribution is 0.00384. The largest absolute Gasteiger partial charge is 0.385 e. The third kappa shape index (κ3) is 3.09. The minimum Gasteiger partial charge on any atom is -0.385 e. The van der Waals surface area contributed by atoms with Gasteiger partial charge in [-0.05, 0) is 0 Å². The van der Waals surface area contributed by atoms with Gasteiger partial charge in [-0.1, -0.05) is 0 Å². The number of rotatable bonds is 4. The Morgan fingerprint density at radius 2 is 2.36 bits per heavy atom. The van der Waals surface area contributed by atoms with Crippen molar-refractivity contribution >= 4 is 5.69 Å². The molecule has 0 spiro atoms. The summed E-state index contributed by atoms with van der Waals surface area (Å²) >= 11 is 0. The molecule has 7 heteroatoms. The average Bonchev–Trinajstić information content (AvgIpc) is 2.14. The summed E-state index contributed by atoms with van der Waals surface area (Å²) in [4.78, 5) is 10.7. The van der Waals surface area contributed by atoms with E-state index in [-0.39, 0.29) is 12.2 Å². The maximum Gasteiger partial charge on any atom is 0.266 e. The van der Waals surface area contributed by atoms with Gasteiger partial charge in [0.15, 0.2) is 0 Å². The number of halogens is 2. The zero-order valence-corrected chi connectivity index (χ0v) is 7.08. The SMILES string of the molecule is O=c1cc(NCC(O)C(F)F)cn[nH]1. The molecule has 5 nitrogen and oxygen atoms in total. The van der Waals surface area contributed by atoms with E-state index in [4.69, 9.17) is 5.11 Å². The quantitative estimate of drug-likeness (QED) is 0.636. The molecule has 0 aliphatic rings. The zero-order valence-electron chi connectivity index (χ0n) is 7.08. The molecule has 1 atom stereocenters. The van der Waals surface area contributed by atoms with Gasteiger partial charge in [-0.15, -0.1) is 0 Å². The van der Waals surface area contributed by atoms with Crippen LogP contribution in [-0.2, 0) is 0 Å². The molecule has 0 aliphatic heterocycles. The van der Waals surface area contributed by atoms with Crippen molar-refractivity contribution in [1.29, 1.82) is 0 Å². The molecule has 1 aromatic rings. The fraction of sp³-hybridized carbons (Fsp3) is 0.429. The molecule has 0 amide bonds. The van der Waals surface area contributed by atoms with E-state index in [1.54, 1.807) is 0 Å². The maximum atomic E-state index is 11.8. The van der Waals surface area contributed by atoms with Gasteiger partial charge in [0.2, 0.25) is 0 Å². The Balaban J connectivity index is 2.50. The third-order valence-electron chi connectivity index (χ3n) is 1.47. The molecular weight excluding hydrogens is 196 g/mol. The van der Waals surface area contributed by atoms with E-state index in [2.05, 4.69) is 15.5 Å². The number of nitrogens with zero attached hydrogens (tertiary/aromatic N) is 1. The Morgan fingerprint density at radius 1 is 1.64 bits per heavy atom. The molecule has 1 heterocycles. The van der Waals surface area contributed by atoms with Crippen molar-refractivity contribution in [3.8, 4) is 0 Å². The second-order valence-corrected chi connectivity index (χ2v) is 2.62. The molecule has 1 rings (SSSR count). The number of aromatic amines is 1. The molecule has 0 aliphatic carbocycles. The smallest absolute Gasteiger partial charge is 0.266 e. The van der Waals surface area contributed by atoms with Gasteiger partial charge in [-0.3, -0.25) is 4.79 Å². The van der Waals surface area contributed by atoms with Crippen molar-refractivity contribution in [1.82, 2.24) is 10.2 Å². The Labute approximate surface area is 77.8 Å². The summed E-state index contributed by atoms with van der Waals surface area (Å²) in [5, 5.41) is 16.8. The molecule has 1 unspecified atom stereocenters. The summed E-state index contributed by atoms with van der Waals surface area (Å²) in [7, 11) is 0. The molecule has 78 valence electrons. The highest BCUT2D eigenvalue weighted by Gasteiger charge is 2.15. The van der Waals surface area contributed by atoms with Gasteiger partial charge in [0, 0.05) is 12.6 Å². The minimum atomic E-state index is -2.81. The van der Waals surface area contributed by atoms with E-state index < -0.39 is 18.1 Å². The van der Waals surface area contributed by atoms with Gasteiger partial charge in [0.1, 0.15) is 6.10 Å². The van der Waals surface area contributed by atoms with Crippen molar-refractivity contribution in [2.75, 3.05) is 11.9 Å². The number of anilines is 1. The summed E-state index contributed by atoms with van der Waals surface area (Å²) in [6.07, 6.45) is -3.30. The number of hydrogen-bond donors (Lipinski definition) is 3. The van der Waals surface area contributed by atoms with Crippen LogP contribution in [0.5, 0.6) is 0 Å². The highest BCUT2D eigenvalue weighted by atomic mass is 19.3. The molecule has 0 bridgehead atoms. The Morgan fingerprint density at radius 3 is 2.93 bits per heavy atom. The van der Waals surface area contributed by atoms with E-state index in [1.807, 2.05) is 0 Å². The van der Waals surface area contributed by atoms with Gasteiger partial charge in [0.25, 0.3) is 12.0 Å². The summed E-state index contributed by atoms with van der Waals surface area (Å²) < 4.78 is 23.7. The van der Waals surface area contributed by atoms with E-state index in [1.165, 1.54) is 6.20 Å². The molecule has 3 N–H and O–H groups in total. The van der Waals surface area contributed by atoms with Crippen molar-refractivity contribution in [3.63, 3.8) is 0 Å². The Bertz CT molecular complexity index is 342. The summed E-state index contributed by atoms with van der Waals surface area (Å²) in [6, 6.07) is 1.16. The first kappa shape index (κ1) is 10.6. The third-order valence-corrected chi connectivity index (χ3v) is 1.47. The molecule has 0 fully saturated rings. The van der Waals surface area contributed by atoms with Crippen LogP contribution < -0.4 is 10.9 Å². The van der Waals surface area contributed by atoms with Crippen molar-refractivity contribution < 1.29 is 13.9 Å². The molecule has 0 saturated carbocycles. The molecule has 0 radical (unpaired) electrons. The predicted octanol–water partition coefficient (Wildman–Crippen LogP) is -0.192. The molecule has 0 saturated heterocycles. The number of aliphatic hydroxyl groups excluding tert-OH is 1. The second kappa shape index (κ2) is 4.66. The van der Waals surface area contributed by atoms with Crippen LogP contribution in [-0.4, -0.2) is 34.4 Å². The van der Waals surface area contributed by atoms with E-state index in [0.717, 1.165) is 6.07 Å². The first-order valence-corrected chi connectivity index (χ1v) is 3.84. The van der Waals surface area contributed by atoms with Gasteiger partial charge in [0.05, 0.1) is 11.9 Å². The van der Waals surface area contributed by atoms with Gasteiger partial charge in [-0.2, -0.15) is 5.10 Å². The number of alkyl halides is 2. The Kier molecular flexibility index (Phi) is 3.52. The summed E-state index contributed by atoms with van der Waals surface area (Å²) in [5.41, 5.74) is -0.157. The van der Waals surface area contributed by atoms with Crippen LogP contribution in [0.25, 0.3) is 0 Å². The minimum absolute atomic E-state index is 0.286. The van der Waals surface area contributed by atoms with Gasteiger partial charge in [-0.25, -0.2) is 13.9 Å². The maximum absolute atomic E-state index is 11.8. The average molecular weight is 205 g/mol. The fourth-order valence-corrected chi connectivity index (χ4v) is 0.784. The Hall–Kier alpha value is -1.50. The van der Waals surface area contributed by atoms with Crippen LogP contribution in [0.15, 0.2) is 17.1 Å². The standard InChI is InChI=1S/C7H9F2N3O2/c8-7(9)5(13)3-10-4-1-6(14)12-11-2-4/h1-2,5,7,13H,3H2,(H2,10,12,14). The first-order chi connectivity index (χ1) is 6.59. The van der Waals surface area contributed by atoms with E-state index in [0.29, 0.717) is 0 Å². The lowest BCUT2D eigenvalue weighted by Crippen LogP contribution is -2.27. The molecule has 0 aromatic carbocycles. The normalized spacial score (nSPS) is 12.9. The highest BCUT2D eigenvalue weighted by Crippen LogP contribution is 2.03. The van der Waals surface area contributed by atoms with E-state index >= 15 is 0 Å². The van der Waals surface area contributed by atoms with Gasteiger partial charge < -0.3 is 10.4 Å². The number of aromatic nitrogens is 2. The second-order valence-electron chi connectivity index (χ2n) is 2.62. The number of aliphatic hydroxyl groups is 1.